The van der Waals surface area contributed by atoms with Crippen LogP contribution in [-0.2, 0) is 0 Å². The fourth-order valence-corrected chi connectivity index (χ4v) is 2.70. The summed E-state index contributed by atoms with van der Waals surface area (Å²) in [5.74, 6) is 0.178. The van der Waals surface area contributed by atoms with Crippen molar-refractivity contribution in [3.8, 4) is 11.3 Å². The first kappa shape index (κ1) is 18.3. The van der Waals surface area contributed by atoms with Gasteiger partial charge >= 0.3 is 0 Å². The molecule has 0 aliphatic rings. The smallest absolute Gasteiger partial charge is 0.281 e. The molecule has 3 rings (SSSR count). The predicted octanol–water partition coefficient (Wildman–Crippen LogP) is 3.96. The lowest BCUT2D eigenvalue weighted by molar-refractivity contribution is -0.384. The fraction of sp³-hybridized carbons (Fsp3) is 0. The average Bonchev–Trinajstić information content (AvgIpc) is 3.10. The maximum atomic E-state index is 12.0. The zero-order valence-corrected chi connectivity index (χ0v) is 15.3. The second-order valence-electron chi connectivity index (χ2n) is 5.41. The molecule has 0 aliphatic carbocycles. The minimum atomic E-state index is -0.485. The normalized spacial score (nSPS) is 10.9. The highest BCUT2D eigenvalue weighted by atomic mass is 79.9. The van der Waals surface area contributed by atoms with Crippen LogP contribution in [-0.4, -0.2) is 17.0 Å². The molecule has 3 aromatic rings. The molecule has 3 N–H and O–H groups in total. The fourth-order valence-electron chi connectivity index (χ4n) is 2.35. The van der Waals surface area contributed by atoms with Crippen LogP contribution < -0.4 is 11.2 Å². The number of nitro groups is 1. The number of amides is 1. The number of para-hydroxylation sites is 1. The molecular formula is C18H13BrN4O4. The maximum Gasteiger partial charge on any atom is 0.281 e. The summed E-state index contributed by atoms with van der Waals surface area (Å²) in [5, 5.41) is 15.0. The van der Waals surface area contributed by atoms with Gasteiger partial charge in [0, 0.05) is 16.2 Å². The number of hydrazone groups is 1. The van der Waals surface area contributed by atoms with E-state index in [-0.39, 0.29) is 5.69 Å². The van der Waals surface area contributed by atoms with Gasteiger partial charge in [-0.3, -0.25) is 14.9 Å². The number of halogens is 1. The van der Waals surface area contributed by atoms with Gasteiger partial charge in [0.1, 0.15) is 11.5 Å². The third-order valence-electron chi connectivity index (χ3n) is 3.61. The molecule has 9 heteroatoms. The molecule has 27 heavy (non-hydrogen) atoms. The van der Waals surface area contributed by atoms with Crippen molar-refractivity contribution >= 4 is 39.4 Å². The predicted molar refractivity (Wildman–Crippen MR) is 104 cm³/mol. The molecule has 0 aliphatic heterocycles. The first-order valence-electron chi connectivity index (χ1n) is 7.68. The van der Waals surface area contributed by atoms with Gasteiger partial charge < -0.3 is 10.2 Å². The van der Waals surface area contributed by atoms with E-state index in [1.807, 2.05) is 0 Å². The highest BCUT2D eigenvalue weighted by Gasteiger charge is 2.18. The molecule has 0 radical (unpaired) electrons. The zero-order chi connectivity index (χ0) is 19.4. The van der Waals surface area contributed by atoms with Gasteiger partial charge in [0.2, 0.25) is 0 Å². The lowest BCUT2D eigenvalue weighted by Crippen LogP contribution is -2.18. The van der Waals surface area contributed by atoms with Crippen LogP contribution in [0.25, 0.3) is 11.3 Å². The Labute approximate surface area is 162 Å². The minimum absolute atomic E-state index is 0.0879. The first-order valence-corrected chi connectivity index (χ1v) is 8.47. The number of nitrogens with two attached hydrogens (primary N) is 1. The van der Waals surface area contributed by atoms with Crippen LogP contribution in [0.2, 0.25) is 0 Å². The Balaban J connectivity index is 1.75. The molecule has 0 saturated carbocycles. The summed E-state index contributed by atoms with van der Waals surface area (Å²) in [6, 6.07) is 14.5. The lowest BCUT2D eigenvalue weighted by Gasteiger charge is -2.02. The van der Waals surface area contributed by atoms with Gasteiger partial charge in [-0.2, -0.15) is 5.10 Å². The van der Waals surface area contributed by atoms with Crippen LogP contribution in [0.4, 0.5) is 11.4 Å². The molecule has 136 valence electrons. The van der Waals surface area contributed by atoms with Crippen molar-refractivity contribution in [3.63, 3.8) is 0 Å². The van der Waals surface area contributed by atoms with E-state index in [0.29, 0.717) is 32.8 Å². The summed E-state index contributed by atoms with van der Waals surface area (Å²) in [7, 11) is 0. The number of nitrogen functional groups attached to an aromatic ring is 1. The number of nitro benzene ring substituents is 1. The van der Waals surface area contributed by atoms with E-state index in [2.05, 4.69) is 26.5 Å². The molecule has 2 aromatic carbocycles. The minimum Gasteiger partial charge on any atom is -0.455 e. The van der Waals surface area contributed by atoms with Gasteiger partial charge in [0.25, 0.3) is 11.6 Å². The Kier molecular flexibility index (Phi) is 5.32. The van der Waals surface area contributed by atoms with Gasteiger partial charge in [-0.1, -0.05) is 28.1 Å². The van der Waals surface area contributed by atoms with Crippen LogP contribution in [0.15, 0.2) is 68.6 Å². The molecule has 0 atom stereocenters. The Morgan fingerprint density at radius 3 is 2.74 bits per heavy atom. The molecule has 0 unspecified atom stereocenters. The molecule has 0 fully saturated rings. The number of benzene rings is 2. The van der Waals surface area contributed by atoms with Crippen LogP contribution in [0.3, 0.4) is 0 Å². The summed E-state index contributed by atoms with van der Waals surface area (Å²) < 4.78 is 6.16. The van der Waals surface area contributed by atoms with Crippen molar-refractivity contribution in [2.75, 3.05) is 5.73 Å². The Hall–Kier alpha value is -3.46. The molecule has 0 saturated heterocycles. The Bertz CT molecular complexity index is 1050. The number of furan rings is 1. The molecule has 0 spiro atoms. The van der Waals surface area contributed by atoms with Crippen molar-refractivity contribution < 1.29 is 14.1 Å². The summed E-state index contributed by atoms with van der Waals surface area (Å²) >= 11 is 3.21. The number of carbonyl (C=O) groups is 1. The van der Waals surface area contributed by atoms with Crippen LogP contribution in [0, 0.1) is 10.1 Å². The van der Waals surface area contributed by atoms with Crippen LogP contribution in [0.5, 0.6) is 0 Å². The SMILES string of the molecule is Nc1ccccc1C(=O)N/N=C\c1ccc(-c2ccc(Br)cc2[N+](=O)[O-])o1. The van der Waals surface area contributed by atoms with E-state index in [1.165, 1.54) is 12.3 Å². The number of carbonyl (C=O) groups excluding carboxylic acids is 1. The number of rotatable bonds is 5. The number of hydrogen-bond donors (Lipinski definition) is 2. The van der Waals surface area contributed by atoms with E-state index in [9.17, 15) is 14.9 Å². The van der Waals surface area contributed by atoms with Gasteiger partial charge in [0.05, 0.1) is 22.3 Å². The Morgan fingerprint density at radius 2 is 2.00 bits per heavy atom. The van der Waals surface area contributed by atoms with Crippen molar-refractivity contribution in [1.82, 2.24) is 5.43 Å². The van der Waals surface area contributed by atoms with Crippen molar-refractivity contribution in [3.05, 3.63) is 80.5 Å². The van der Waals surface area contributed by atoms with E-state index < -0.39 is 10.8 Å². The van der Waals surface area contributed by atoms with Gasteiger partial charge in [-0.25, -0.2) is 5.43 Å². The highest BCUT2D eigenvalue weighted by Crippen LogP contribution is 2.33. The number of anilines is 1. The molecule has 8 nitrogen and oxygen atoms in total. The van der Waals surface area contributed by atoms with Crippen molar-refractivity contribution in [1.29, 1.82) is 0 Å². The molecule has 1 aromatic heterocycles. The van der Waals surface area contributed by atoms with Crippen molar-refractivity contribution in [2.24, 2.45) is 5.10 Å². The maximum absolute atomic E-state index is 12.0. The molecule has 1 amide bonds. The van der Waals surface area contributed by atoms with E-state index in [0.717, 1.165) is 0 Å². The average molecular weight is 429 g/mol. The second-order valence-corrected chi connectivity index (χ2v) is 6.32. The third kappa shape index (κ3) is 4.21. The number of nitrogens with zero attached hydrogens (tertiary/aromatic N) is 2. The second kappa shape index (κ2) is 7.83. The summed E-state index contributed by atoms with van der Waals surface area (Å²) in [6.45, 7) is 0. The van der Waals surface area contributed by atoms with Gasteiger partial charge in [-0.15, -0.1) is 0 Å². The van der Waals surface area contributed by atoms with E-state index in [4.69, 9.17) is 10.2 Å². The molecule has 1 heterocycles. The van der Waals surface area contributed by atoms with E-state index >= 15 is 0 Å². The quantitative estimate of drug-likeness (QED) is 0.275. The zero-order valence-electron chi connectivity index (χ0n) is 13.8. The topological polar surface area (TPSA) is 124 Å². The summed E-state index contributed by atoms with van der Waals surface area (Å²) in [4.78, 5) is 22.8. The molecule has 0 bridgehead atoms. The van der Waals surface area contributed by atoms with Crippen LogP contribution >= 0.6 is 15.9 Å². The molecular weight excluding hydrogens is 416 g/mol. The standard InChI is InChI=1S/C18H13BrN4O4/c19-11-5-7-14(16(9-11)23(25)26)17-8-6-12(27-17)10-21-22-18(24)13-3-1-2-4-15(13)20/h1-10H,20H2,(H,22,24)/b21-10-. The summed E-state index contributed by atoms with van der Waals surface area (Å²) in [5.41, 5.74) is 8.98. The van der Waals surface area contributed by atoms with Gasteiger partial charge in [0.15, 0.2) is 0 Å². The Morgan fingerprint density at radius 1 is 1.22 bits per heavy atom. The number of nitrogens with one attached hydrogen (secondary N) is 1. The number of hydrogen-bond acceptors (Lipinski definition) is 6. The third-order valence-corrected chi connectivity index (χ3v) is 4.11. The highest BCUT2D eigenvalue weighted by molar-refractivity contribution is 9.10. The lowest BCUT2D eigenvalue weighted by atomic mass is 10.1. The van der Waals surface area contributed by atoms with Crippen molar-refractivity contribution in [2.45, 2.75) is 0 Å². The van der Waals surface area contributed by atoms with E-state index in [1.54, 1.807) is 48.5 Å². The largest absolute Gasteiger partial charge is 0.455 e. The van der Waals surface area contributed by atoms with Gasteiger partial charge in [-0.05, 0) is 36.4 Å². The van der Waals surface area contributed by atoms with Crippen LogP contribution in [0.1, 0.15) is 16.1 Å². The summed E-state index contributed by atoms with van der Waals surface area (Å²) in [6.07, 6.45) is 1.30. The monoisotopic (exact) mass is 428 g/mol. The first-order chi connectivity index (χ1) is 13.0.